The summed E-state index contributed by atoms with van der Waals surface area (Å²) in [7, 11) is 0. The van der Waals surface area contributed by atoms with Crippen molar-refractivity contribution in [2.75, 3.05) is 6.54 Å². The number of aliphatic carboxylic acids is 1. The van der Waals surface area contributed by atoms with Crippen molar-refractivity contribution >= 4 is 12.0 Å². The van der Waals surface area contributed by atoms with Crippen LogP contribution in [-0.4, -0.2) is 39.8 Å². The van der Waals surface area contributed by atoms with Crippen molar-refractivity contribution in [3.8, 4) is 0 Å². The van der Waals surface area contributed by atoms with E-state index >= 15 is 0 Å². The fourth-order valence-corrected chi connectivity index (χ4v) is 2.48. The first-order valence-electron chi connectivity index (χ1n) is 6.78. The number of urea groups is 1. The number of aromatic nitrogens is 1. The molecule has 2 N–H and O–H groups in total. The van der Waals surface area contributed by atoms with E-state index < -0.39 is 12.0 Å². The molecule has 0 bridgehead atoms. The number of nitrogens with zero attached hydrogens (tertiary/aromatic N) is 2. The summed E-state index contributed by atoms with van der Waals surface area (Å²) in [5, 5.41) is 15.6. The van der Waals surface area contributed by atoms with Crippen LogP contribution in [0.2, 0.25) is 0 Å². The maximum absolute atomic E-state index is 12.1. The Labute approximate surface area is 116 Å². The molecule has 1 aliphatic heterocycles. The van der Waals surface area contributed by atoms with Crippen LogP contribution in [0.4, 0.5) is 4.79 Å². The third-order valence-electron chi connectivity index (χ3n) is 3.75. The van der Waals surface area contributed by atoms with Crippen molar-refractivity contribution < 1.29 is 19.2 Å². The topological polar surface area (TPSA) is 95.7 Å². The minimum atomic E-state index is -0.945. The maximum Gasteiger partial charge on any atom is 0.326 e. The molecule has 0 saturated carbocycles. The van der Waals surface area contributed by atoms with Gasteiger partial charge >= 0.3 is 12.0 Å². The summed E-state index contributed by atoms with van der Waals surface area (Å²) in [5.41, 5.74) is 0.605. The van der Waals surface area contributed by atoms with Crippen LogP contribution in [0.3, 0.4) is 0 Å². The maximum atomic E-state index is 12.1. The van der Waals surface area contributed by atoms with Gasteiger partial charge in [0.25, 0.3) is 0 Å². The summed E-state index contributed by atoms with van der Waals surface area (Å²) in [5.74, 6) is -0.574. The van der Waals surface area contributed by atoms with Gasteiger partial charge in [-0.15, -0.1) is 0 Å². The van der Waals surface area contributed by atoms with E-state index in [1.807, 2.05) is 6.92 Å². The molecule has 0 spiro atoms. The molecule has 7 heteroatoms. The Morgan fingerprint density at radius 2 is 2.40 bits per heavy atom. The van der Waals surface area contributed by atoms with Gasteiger partial charge in [-0.1, -0.05) is 18.5 Å². The Kier molecular flexibility index (Phi) is 4.60. The van der Waals surface area contributed by atoms with Gasteiger partial charge in [-0.2, -0.15) is 0 Å². The molecule has 20 heavy (non-hydrogen) atoms. The first-order chi connectivity index (χ1) is 9.61. The molecule has 2 unspecified atom stereocenters. The molecule has 110 valence electrons. The van der Waals surface area contributed by atoms with Crippen LogP contribution < -0.4 is 5.32 Å². The second kappa shape index (κ2) is 6.40. The summed E-state index contributed by atoms with van der Waals surface area (Å²) >= 11 is 0. The van der Waals surface area contributed by atoms with E-state index in [1.54, 1.807) is 6.07 Å². The minimum Gasteiger partial charge on any atom is -0.480 e. The third-order valence-corrected chi connectivity index (χ3v) is 3.75. The van der Waals surface area contributed by atoms with E-state index in [9.17, 15) is 14.7 Å². The quantitative estimate of drug-likeness (QED) is 0.871. The zero-order valence-corrected chi connectivity index (χ0v) is 11.4. The number of nitrogens with one attached hydrogen (secondary N) is 1. The van der Waals surface area contributed by atoms with Crippen LogP contribution in [0, 0.1) is 5.92 Å². The van der Waals surface area contributed by atoms with Gasteiger partial charge in [-0.25, -0.2) is 9.59 Å². The number of carbonyl (C=O) groups is 2. The van der Waals surface area contributed by atoms with E-state index in [0.717, 1.165) is 12.8 Å². The fraction of sp³-hybridized carbons (Fsp3) is 0.615. The summed E-state index contributed by atoms with van der Waals surface area (Å²) in [6.07, 6.45) is 3.73. The van der Waals surface area contributed by atoms with Crippen molar-refractivity contribution in [2.45, 2.75) is 38.8 Å². The van der Waals surface area contributed by atoms with Crippen LogP contribution in [-0.2, 0) is 11.3 Å². The highest BCUT2D eigenvalue weighted by molar-refractivity contribution is 5.82. The van der Waals surface area contributed by atoms with Crippen LogP contribution in [0.15, 0.2) is 16.9 Å². The lowest BCUT2D eigenvalue weighted by molar-refractivity contribution is -0.144. The van der Waals surface area contributed by atoms with E-state index in [-0.39, 0.29) is 12.6 Å². The van der Waals surface area contributed by atoms with Crippen LogP contribution in [0.25, 0.3) is 0 Å². The number of hydrogen-bond donors (Lipinski definition) is 2. The highest BCUT2D eigenvalue weighted by Crippen LogP contribution is 2.25. The van der Waals surface area contributed by atoms with E-state index in [1.165, 1.54) is 11.2 Å². The number of carbonyl (C=O) groups excluding carboxylic acids is 1. The van der Waals surface area contributed by atoms with Gasteiger partial charge in [0, 0.05) is 12.6 Å². The minimum absolute atomic E-state index is 0.232. The van der Waals surface area contributed by atoms with Gasteiger partial charge in [-0.3, -0.25) is 0 Å². The average Bonchev–Trinajstić information content (AvgIpc) is 2.97. The van der Waals surface area contributed by atoms with Crippen molar-refractivity contribution in [1.82, 2.24) is 15.4 Å². The molecule has 0 radical (unpaired) electrons. The molecule has 0 aliphatic carbocycles. The average molecular weight is 281 g/mol. The lowest BCUT2D eigenvalue weighted by Gasteiger charge is -2.36. The first-order valence-corrected chi connectivity index (χ1v) is 6.78. The van der Waals surface area contributed by atoms with Gasteiger partial charge in [0.2, 0.25) is 0 Å². The standard InChI is InChI=1S/C13H19N3O4/c1-2-9-3-5-16(11(7-9)12(17)18)13(19)14-8-10-4-6-20-15-10/h4,6,9,11H,2-3,5,7-8H2,1H3,(H,14,19)(H,17,18). The van der Waals surface area contributed by atoms with Crippen molar-refractivity contribution in [3.05, 3.63) is 18.0 Å². The number of carboxylic acids is 1. The number of piperidine rings is 1. The zero-order chi connectivity index (χ0) is 14.5. The van der Waals surface area contributed by atoms with Gasteiger partial charge < -0.3 is 19.8 Å². The molecule has 1 aliphatic rings. The van der Waals surface area contributed by atoms with Gasteiger partial charge in [0.05, 0.1) is 6.54 Å². The Balaban J connectivity index is 1.94. The monoisotopic (exact) mass is 281 g/mol. The lowest BCUT2D eigenvalue weighted by atomic mass is 9.89. The van der Waals surface area contributed by atoms with Gasteiger partial charge in [-0.05, 0) is 18.8 Å². The second-order valence-corrected chi connectivity index (χ2v) is 5.00. The summed E-state index contributed by atoms with van der Waals surface area (Å²) < 4.78 is 4.67. The molecule has 0 aromatic carbocycles. The Hall–Kier alpha value is -2.05. The molecular formula is C13H19N3O4. The molecule has 1 aromatic rings. The molecule has 2 amide bonds. The van der Waals surface area contributed by atoms with Crippen LogP contribution in [0.1, 0.15) is 31.9 Å². The predicted molar refractivity (Wildman–Crippen MR) is 69.9 cm³/mol. The normalized spacial score (nSPS) is 22.6. The zero-order valence-electron chi connectivity index (χ0n) is 11.4. The molecule has 1 fully saturated rings. The van der Waals surface area contributed by atoms with Gasteiger partial charge in [0.1, 0.15) is 18.0 Å². The SMILES string of the molecule is CCC1CCN(C(=O)NCc2ccon2)C(C(=O)O)C1. The van der Waals surface area contributed by atoms with Crippen molar-refractivity contribution in [1.29, 1.82) is 0 Å². The summed E-state index contributed by atoms with van der Waals surface area (Å²) in [6, 6.07) is 0.541. The summed E-state index contributed by atoms with van der Waals surface area (Å²) in [6.45, 7) is 2.75. The molecular weight excluding hydrogens is 262 g/mol. The van der Waals surface area contributed by atoms with Crippen LogP contribution in [0.5, 0.6) is 0 Å². The molecule has 1 aromatic heterocycles. The van der Waals surface area contributed by atoms with Crippen molar-refractivity contribution in [3.63, 3.8) is 0 Å². The van der Waals surface area contributed by atoms with Crippen molar-refractivity contribution in [2.24, 2.45) is 5.92 Å². The number of likely N-dealkylation sites (tertiary alicyclic amines) is 1. The van der Waals surface area contributed by atoms with Gasteiger partial charge in [0.15, 0.2) is 0 Å². The number of amides is 2. The first kappa shape index (κ1) is 14.4. The van der Waals surface area contributed by atoms with Crippen LogP contribution >= 0.6 is 0 Å². The van der Waals surface area contributed by atoms with E-state index in [2.05, 4.69) is 15.0 Å². The number of rotatable bonds is 4. The fourth-order valence-electron chi connectivity index (χ4n) is 2.48. The molecule has 2 atom stereocenters. The Morgan fingerprint density at radius 3 is 3.00 bits per heavy atom. The second-order valence-electron chi connectivity index (χ2n) is 5.00. The summed E-state index contributed by atoms with van der Waals surface area (Å²) in [4.78, 5) is 24.8. The van der Waals surface area contributed by atoms with E-state index in [0.29, 0.717) is 24.6 Å². The Bertz CT molecular complexity index is 460. The predicted octanol–water partition coefficient (Wildman–Crippen LogP) is 1.46. The largest absolute Gasteiger partial charge is 0.480 e. The molecule has 2 heterocycles. The Morgan fingerprint density at radius 1 is 1.60 bits per heavy atom. The lowest BCUT2D eigenvalue weighted by Crippen LogP contribution is -2.53. The molecule has 1 saturated heterocycles. The smallest absolute Gasteiger partial charge is 0.326 e. The molecule has 2 rings (SSSR count). The highest BCUT2D eigenvalue weighted by atomic mass is 16.5. The third kappa shape index (κ3) is 3.28. The van der Waals surface area contributed by atoms with E-state index in [4.69, 9.17) is 0 Å². The molecule has 7 nitrogen and oxygen atoms in total. The highest BCUT2D eigenvalue weighted by Gasteiger charge is 2.35. The number of carboxylic acid groups (broad SMARTS) is 1. The number of hydrogen-bond acceptors (Lipinski definition) is 4.